The summed E-state index contributed by atoms with van der Waals surface area (Å²) in [4.78, 5) is 6.92. The molecular formula is C18H17ClFN3. The van der Waals surface area contributed by atoms with Crippen LogP contribution >= 0.6 is 11.6 Å². The quantitative estimate of drug-likeness (QED) is 0.890. The molecule has 1 N–H and O–H groups in total. The third-order valence-corrected chi connectivity index (χ3v) is 4.77. The van der Waals surface area contributed by atoms with Crippen LogP contribution in [0.15, 0.2) is 47.5 Å². The number of nitrogens with zero attached hydrogens (tertiary/aromatic N) is 2. The van der Waals surface area contributed by atoms with Gasteiger partial charge in [0.1, 0.15) is 11.7 Å². The number of anilines is 1. The number of benzene rings is 2. The molecule has 2 aliphatic heterocycles. The fourth-order valence-corrected chi connectivity index (χ4v) is 3.50. The van der Waals surface area contributed by atoms with Crippen molar-refractivity contribution in [2.75, 3.05) is 11.4 Å². The minimum atomic E-state index is -0.244. The zero-order chi connectivity index (χ0) is 15.8. The third-order valence-electron chi connectivity index (χ3n) is 4.41. The van der Waals surface area contributed by atoms with Crippen molar-refractivity contribution in [1.29, 1.82) is 0 Å². The molecule has 0 amide bonds. The molecule has 0 saturated carbocycles. The van der Waals surface area contributed by atoms with Gasteiger partial charge in [0.15, 0.2) is 0 Å². The van der Waals surface area contributed by atoms with Crippen LogP contribution in [0.2, 0.25) is 5.02 Å². The Labute approximate surface area is 139 Å². The van der Waals surface area contributed by atoms with E-state index in [-0.39, 0.29) is 11.9 Å². The summed E-state index contributed by atoms with van der Waals surface area (Å²) in [5, 5.41) is 4.19. The fourth-order valence-electron chi connectivity index (χ4n) is 3.27. The standard InChI is InChI=1S/C18H17ClFN3/c19-15-6-2-7-16-14(15)11-23(13-5-1-4-12(20)10-13)18(22-16)17-8-3-9-21-17/h1-2,4-7,10,17,21H,3,8-9,11H2/t17-/m0/s1. The number of aliphatic imine (C=N–C) groups is 1. The molecule has 1 fully saturated rings. The second-order valence-electron chi connectivity index (χ2n) is 5.92. The number of hydrogen-bond donors (Lipinski definition) is 1. The molecule has 1 saturated heterocycles. The second kappa shape index (κ2) is 5.95. The van der Waals surface area contributed by atoms with Gasteiger partial charge in [-0.05, 0) is 49.7 Å². The van der Waals surface area contributed by atoms with E-state index in [0.717, 1.165) is 42.2 Å². The van der Waals surface area contributed by atoms with Crippen LogP contribution in [0.5, 0.6) is 0 Å². The summed E-state index contributed by atoms with van der Waals surface area (Å²) in [5.74, 6) is 0.703. The minimum Gasteiger partial charge on any atom is -0.324 e. The Balaban J connectivity index is 1.82. The summed E-state index contributed by atoms with van der Waals surface area (Å²) in [6.07, 6.45) is 2.17. The average molecular weight is 330 g/mol. The maximum Gasteiger partial charge on any atom is 0.127 e. The molecule has 0 unspecified atom stereocenters. The summed E-state index contributed by atoms with van der Waals surface area (Å²) in [6, 6.07) is 12.6. The monoisotopic (exact) mass is 329 g/mol. The van der Waals surface area contributed by atoms with E-state index in [1.165, 1.54) is 6.07 Å². The minimum absolute atomic E-state index is 0.199. The van der Waals surface area contributed by atoms with E-state index in [4.69, 9.17) is 16.6 Å². The smallest absolute Gasteiger partial charge is 0.127 e. The fraction of sp³-hybridized carbons (Fsp3) is 0.278. The van der Waals surface area contributed by atoms with Crippen molar-refractivity contribution in [3.8, 4) is 0 Å². The Morgan fingerprint density at radius 1 is 1.22 bits per heavy atom. The molecule has 0 bridgehead atoms. The van der Waals surface area contributed by atoms with Gasteiger partial charge in [0.05, 0.1) is 18.3 Å². The van der Waals surface area contributed by atoms with E-state index in [1.807, 2.05) is 24.3 Å². The molecule has 0 spiro atoms. The second-order valence-corrected chi connectivity index (χ2v) is 6.33. The lowest BCUT2D eigenvalue weighted by Gasteiger charge is -2.34. The Morgan fingerprint density at radius 3 is 2.87 bits per heavy atom. The van der Waals surface area contributed by atoms with Gasteiger partial charge in [0.25, 0.3) is 0 Å². The summed E-state index contributed by atoms with van der Waals surface area (Å²) in [5.41, 5.74) is 2.71. The molecule has 2 aromatic carbocycles. The first kappa shape index (κ1) is 14.7. The highest BCUT2D eigenvalue weighted by atomic mass is 35.5. The molecule has 118 valence electrons. The first-order chi connectivity index (χ1) is 11.2. The SMILES string of the molecule is Fc1cccc(N2Cc3c(Cl)cccc3N=C2[C@@H]2CCCN2)c1. The highest BCUT2D eigenvalue weighted by Crippen LogP contribution is 2.35. The molecule has 1 atom stereocenters. The Hall–Kier alpha value is -1.91. The van der Waals surface area contributed by atoms with Crippen LogP contribution in [0.3, 0.4) is 0 Å². The van der Waals surface area contributed by atoms with E-state index in [0.29, 0.717) is 11.6 Å². The molecule has 3 nitrogen and oxygen atoms in total. The summed E-state index contributed by atoms with van der Waals surface area (Å²) in [7, 11) is 0. The Bertz CT molecular complexity index is 769. The van der Waals surface area contributed by atoms with Gasteiger partial charge in [-0.25, -0.2) is 9.38 Å². The normalized spacial score (nSPS) is 20.3. The first-order valence-electron chi connectivity index (χ1n) is 7.85. The van der Waals surface area contributed by atoms with Crippen LogP contribution in [0, 0.1) is 5.82 Å². The lowest BCUT2D eigenvalue weighted by molar-refractivity contribution is 0.627. The van der Waals surface area contributed by atoms with Crippen molar-refractivity contribution < 1.29 is 4.39 Å². The highest BCUT2D eigenvalue weighted by Gasteiger charge is 2.30. The van der Waals surface area contributed by atoms with Crippen molar-refractivity contribution in [2.24, 2.45) is 4.99 Å². The molecule has 4 rings (SSSR count). The van der Waals surface area contributed by atoms with Gasteiger partial charge in [-0.1, -0.05) is 23.7 Å². The molecule has 2 aromatic rings. The summed E-state index contributed by atoms with van der Waals surface area (Å²) < 4.78 is 13.7. The van der Waals surface area contributed by atoms with E-state index < -0.39 is 0 Å². The lowest BCUT2D eigenvalue weighted by Crippen LogP contribution is -2.45. The van der Waals surface area contributed by atoms with Gasteiger partial charge in [-0.2, -0.15) is 0 Å². The largest absolute Gasteiger partial charge is 0.324 e. The van der Waals surface area contributed by atoms with Crippen LogP contribution in [-0.4, -0.2) is 18.4 Å². The van der Waals surface area contributed by atoms with Crippen molar-refractivity contribution in [1.82, 2.24) is 5.32 Å². The van der Waals surface area contributed by atoms with Gasteiger partial charge in [0.2, 0.25) is 0 Å². The molecule has 0 aliphatic carbocycles. The van der Waals surface area contributed by atoms with E-state index in [2.05, 4.69) is 10.2 Å². The van der Waals surface area contributed by atoms with Crippen LogP contribution in [0.1, 0.15) is 18.4 Å². The maximum absolute atomic E-state index is 13.7. The topological polar surface area (TPSA) is 27.6 Å². The molecule has 0 aromatic heterocycles. The number of nitrogens with one attached hydrogen (secondary N) is 1. The predicted octanol–water partition coefficient (Wildman–Crippen LogP) is 4.28. The number of hydrogen-bond acceptors (Lipinski definition) is 3. The van der Waals surface area contributed by atoms with Crippen LogP contribution in [-0.2, 0) is 6.54 Å². The van der Waals surface area contributed by atoms with Gasteiger partial charge < -0.3 is 10.2 Å². The zero-order valence-electron chi connectivity index (χ0n) is 12.6. The van der Waals surface area contributed by atoms with Crippen molar-refractivity contribution in [2.45, 2.75) is 25.4 Å². The van der Waals surface area contributed by atoms with E-state index in [1.54, 1.807) is 12.1 Å². The number of fused-ring (bicyclic) bond motifs is 1. The Morgan fingerprint density at radius 2 is 2.09 bits per heavy atom. The Kier molecular flexibility index (Phi) is 3.79. The lowest BCUT2D eigenvalue weighted by atomic mass is 10.1. The number of amidine groups is 1. The first-order valence-corrected chi connectivity index (χ1v) is 8.22. The number of halogens is 2. The van der Waals surface area contributed by atoms with Gasteiger partial charge >= 0.3 is 0 Å². The molecule has 0 radical (unpaired) electrons. The molecule has 2 aliphatic rings. The maximum atomic E-state index is 13.7. The molecule has 5 heteroatoms. The van der Waals surface area contributed by atoms with Gasteiger partial charge in [0, 0.05) is 16.3 Å². The van der Waals surface area contributed by atoms with Crippen LogP contribution in [0.25, 0.3) is 0 Å². The summed E-state index contributed by atoms with van der Waals surface area (Å²) >= 11 is 6.35. The van der Waals surface area contributed by atoms with Crippen LogP contribution < -0.4 is 10.2 Å². The van der Waals surface area contributed by atoms with Crippen molar-refractivity contribution >= 4 is 28.8 Å². The third kappa shape index (κ3) is 2.73. The van der Waals surface area contributed by atoms with E-state index in [9.17, 15) is 4.39 Å². The van der Waals surface area contributed by atoms with Gasteiger partial charge in [-0.3, -0.25) is 0 Å². The molecule has 23 heavy (non-hydrogen) atoms. The highest BCUT2D eigenvalue weighted by molar-refractivity contribution is 6.32. The predicted molar refractivity (Wildman–Crippen MR) is 92.2 cm³/mol. The zero-order valence-corrected chi connectivity index (χ0v) is 13.4. The van der Waals surface area contributed by atoms with Gasteiger partial charge in [-0.15, -0.1) is 0 Å². The molecule has 2 heterocycles. The van der Waals surface area contributed by atoms with Crippen LogP contribution in [0.4, 0.5) is 15.8 Å². The molecular weight excluding hydrogens is 313 g/mol. The summed E-state index contributed by atoms with van der Waals surface area (Å²) in [6.45, 7) is 1.60. The van der Waals surface area contributed by atoms with Crippen molar-refractivity contribution in [3.63, 3.8) is 0 Å². The van der Waals surface area contributed by atoms with Crippen molar-refractivity contribution in [3.05, 3.63) is 58.9 Å². The number of rotatable bonds is 2. The van der Waals surface area contributed by atoms with E-state index >= 15 is 0 Å². The average Bonchev–Trinajstić information content (AvgIpc) is 3.08.